The molecule has 44 heavy (non-hydrogen) atoms. The van der Waals surface area contributed by atoms with Crippen molar-refractivity contribution in [3.8, 4) is 17.2 Å². The van der Waals surface area contributed by atoms with E-state index in [2.05, 4.69) is 0 Å². The Morgan fingerprint density at radius 3 is 2.30 bits per heavy atom. The van der Waals surface area contributed by atoms with Gasteiger partial charge in [-0.3, -0.25) is 14.4 Å². The van der Waals surface area contributed by atoms with Crippen molar-refractivity contribution in [2.75, 3.05) is 0 Å². The minimum Gasteiger partial charge on any atom is -0.507 e. The Kier molecular flexibility index (Phi) is 8.16. The molecular formula is C32H30O12. The molecule has 1 saturated heterocycles. The highest BCUT2D eigenvalue weighted by molar-refractivity contribution is 6.31. The van der Waals surface area contributed by atoms with Crippen molar-refractivity contribution < 1.29 is 59.2 Å². The van der Waals surface area contributed by atoms with Crippen LogP contribution in [-0.2, 0) is 16.1 Å². The van der Waals surface area contributed by atoms with Crippen LogP contribution in [0.4, 0.5) is 0 Å². The van der Waals surface area contributed by atoms with E-state index in [0.717, 1.165) is 18.6 Å². The first-order valence-corrected chi connectivity index (χ1v) is 13.6. The number of carbonyl (C=O) groups is 3. The van der Waals surface area contributed by atoms with Crippen LogP contribution in [-0.4, -0.2) is 78.6 Å². The molecule has 0 radical (unpaired) electrons. The zero-order valence-corrected chi connectivity index (χ0v) is 23.8. The van der Waals surface area contributed by atoms with E-state index >= 15 is 0 Å². The predicted molar refractivity (Wildman–Crippen MR) is 153 cm³/mol. The minimum atomic E-state index is -3.01. The van der Waals surface area contributed by atoms with Crippen LogP contribution in [0.2, 0.25) is 0 Å². The smallest absolute Gasteiger partial charge is 0.308 e. The largest absolute Gasteiger partial charge is 0.507 e. The molecule has 230 valence electrons. The number of ether oxygens (including phenoxy) is 3. The Balaban J connectivity index is 1.67. The summed E-state index contributed by atoms with van der Waals surface area (Å²) in [6.45, 7) is 3.14. The molecule has 2 aliphatic rings. The summed E-state index contributed by atoms with van der Waals surface area (Å²) in [6, 6.07) is 11.4. The highest BCUT2D eigenvalue weighted by atomic mass is 16.7. The number of hydrogen-bond donors (Lipinski definition) is 6. The number of aromatic hydroxyl groups is 1. The van der Waals surface area contributed by atoms with Crippen LogP contribution in [0.1, 0.15) is 67.9 Å². The number of fused-ring (bicyclic) bond motifs is 2. The lowest BCUT2D eigenvalue weighted by molar-refractivity contribution is -0.371. The van der Waals surface area contributed by atoms with Crippen LogP contribution in [0.3, 0.4) is 0 Å². The maximum atomic E-state index is 14.2. The van der Waals surface area contributed by atoms with Crippen molar-refractivity contribution in [1.82, 2.24) is 0 Å². The predicted octanol–water partition coefficient (Wildman–Crippen LogP) is 1.59. The van der Waals surface area contributed by atoms with Crippen molar-refractivity contribution in [2.45, 2.75) is 57.8 Å². The molecule has 1 aliphatic heterocycles. The molecule has 0 bridgehead atoms. The van der Waals surface area contributed by atoms with Crippen molar-refractivity contribution in [3.05, 3.63) is 87.0 Å². The molecule has 0 spiro atoms. The van der Waals surface area contributed by atoms with Gasteiger partial charge in [0.05, 0.1) is 18.3 Å². The number of esters is 1. The third-order valence-electron chi connectivity index (χ3n) is 7.67. The molecule has 12 heteroatoms. The van der Waals surface area contributed by atoms with E-state index in [-0.39, 0.29) is 50.4 Å². The topological polar surface area (TPSA) is 200 Å². The number of rotatable bonds is 6. The Bertz CT molecular complexity index is 1690. The van der Waals surface area contributed by atoms with Crippen molar-refractivity contribution in [1.29, 1.82) is 0 Å². The van der Waals surface area contributed by atoms with Gasteiger partial charge in [-0.05, 0) is 43.2 Å². The molecule has 3 aromatic carbocycles. The van der Waals surface area contributed by atoms with Gasteiger partial charge in [-0.15, -0.1) is 0 Å². The maximum absolute atomic E-state index is 14.2. The molecule has 5 rings (SSSR count). The average Bonchev–Trinajstić information content (AvgIpc) is 2.99. The molecule has 1 aliphatic carbocycles. The van der Waals surface area contributed by atoms with Gasteiger partial charge in [-0.25, -0.2) is 0 Å². The molecule has 0 aromatic heterocycles. The first-order chi connectivity index (χ1) is 20.8. The standard InChI is InChI=1S/C32H30O12/c1-14-21(44-31-30(39)32(40,41)29(38)15(2)42-31)12-20-25(26(14)35)28(37)23-18(13-33)11-22(43-16(3)34)19(24(23)27(20)36)10-9-17-7-5-4-6-8-17/h4-12,15,29-31,33,35,38-41H,13H2,1-3H3/t15-,29+,30-,31-/m0/s1. The van der Waals surface area contributed by atoms with E-state index in [9.17, 15) is 45.0 Å². The van der Waals surface area contributed by atoms with E-state index in [0.29, 0.717) is 0 Å². The first-order valence-electron chi connectivity index (χ1n) is 13.6. The fourth-order valence-electron chi connectivity index (χ4n) is 5.33. The molecule has 0 saturated carbocycles. The normalized spacial score (nSPS) is 22.5. The number of phenols is 1. The van der Waals surface area contributed by atoms with Gasteiger partial charge in [0.2, 0.25) is 12.1 Å². The number of benzene rings is 3. The summed E-state index contributed by atoms with van der Waals surface area (Å²) in [4.78, 5) is 40.1. The summed E-state index contributed by atoms with van der Waals surface area (Å²) < 4.78 is 16.5. The van der Waals surface area contributed by atoms with Gasteiger partial charge < -0.3 is 44.8 Å². The van der Waals surface area contributed by atoms with Gasteiger partial charge in [0.1, 0.15) is 23.4 Å². The summed E-state index contributed by atoms with van der Waals surface area (Å²) >= 11 is 0. The third-order valence-corrected chi connectivity index (χ3v) is 7.67. The second kappa shape index (κ2) is 11.6. The molecule has 12 nitrogen and oxygen atoms in total. The molecule has 4 atom stereocenters. The molecule has 6 N–H and O–H groups in total. The van der Waals surface area contributed by atoms with Gasteiger partial charge in [-0.2, -0.15) is 0 Å². The molecule has 0 unspecified atom stereocenters. The summed E-state index contributed by atoms with van der Waals surface area (Å²) in [7, 11) is 0. The molecule has 1 heterocycles. The van der Waals surface area contributed by atoms with Crippen LogP contribution in [0.5, 0.6) is 17.2 Å². The Morgan fingerprint density at radius 2 is 1.66 bits per heavy atom. The Labute approximate surface area is 251 Å². The number of aliphatic hydroxyl groups excluding tert-OH is 3. The number of phenolic OH excluding ortho intramolecular Hbond substituents is 1. The van der Waals surface area contributed by atoms with Crippen LogP contribution in [0, 0.1) is 6.92 Å². The van der Waals surface area contributed by atoms with Gasteiger partial charge in [0, 0.05) is 34.7 Å². The van der Waals surface area contributed by atoms with Crippen LogP contribution in [0.15, 0.2) is 42.5 Å². The lowest BCUT2D eigenvalue weighted by atomic mass is 9.78. The lowest BCUT2D eigenvalue weighted by Gasteiger charge is -2.43. The lowest BCUT2D eigenvalue weighted by Crippen LogP contribution is -2.66. The number of carbonyl (C=O) groups excluding carboxylic acids is 3. The average molecular weight is 607 g/mol. The molecule has 0 amide bonds. The summed E-state index contributed by atoms with van der Waals surface area (Å²) in [6.07, 6.45) is -3.87. The second-order valence-corrected chi connectivity index (χ2v) is 10.6. The summed E-state index contributed by atoms with van der Waals surface area (Å²) in [5.74, 6) is -6.24. The maximum Gasteiger partial charge on any atom is 0.308 e. The number of hydrogen-bond acceptors (Lipinski definition) is 12. The van der Waals surface area contributed by atoms with Gasteiger partial charge in [0.15, 0.2) is 17.7 Å². The Hall–Kier alpha value is -4.43. The molecule has 1 fully saturated rings. The van der Waals surface area contributed by atoms with Crippen LogP contribution < -0.4 is 9.47 Å². The zero-order chi connectivity index (χ0) is 32.1. The zero-order valence-electron chi connectivity index (χ0n) is 23.8. The first kappa shape index (κ1) is 31.0. The third kappa shape index (κ3) is 5.17. The van der Waals surface area contributed by atoms with E-state index in [1.54, 1.807) is 30.3 Å². The quantitative estimate of drug-likeness (QED) is 0.0803. The molecular weight excluding hydrogens is 576 g/mol. The van der Waals surface area contributed by atoms with E-state index in [1.807, 2.05) is 6.07 Å². The Morgan fingerprint density at radius 1 is 0.977 bits per heavy atom. The van der Waals surface area contributed by atoms with E-state index in [4.69, 9.17) is 14.2 Å². The number of ketones is 2. The second-order valence-electron chi connectivity index (χ2n) is 10.6. The van der Waals surface area contributed by atoms with Crippen LogP contribution in [0.25, 0.3) is 12.2 Å². The molecule has 3 aromatic rings. The van der Waals surface area contributed by atoms with Gasteiger partial charge in [-0.1, -0.05) is 36.4 Å². The summed E-state index contributed by atoms with van der Waals surface area (Å²) in [5, 5.41) is 62.2. The number of aliphatic hydroxyl groups is 5. The van der Waals surface area contributed by atoms with Crippen molar-refractivity contribution in [3.63, 3.8) is 0 Å². The highest BCUT2D eigenvalue weighted by Gasteiger charge is 2.54. The van der Waals surface area contributed by atoms with Crippen LogP contribution >= 0.6 is 0 Å². The van der Waals surface area contributed by atoms with Crippen molar-refractivity contribution >= 4 is 29.7 Å². The SMILES string of the molecule is CC(=O)Oc1cc(CO)c2c(c1C=Cc1ccccc1)C(=O)c1cc(O[C@@H]3O[C@@H](C)[C@@H](O)C(O)(O)[C@H]3O)c(C)c(O)c1C2=O. The van der Waals surface area contributed by atoms with Gasteiger partial charge in [0.25, 0.3) is 0 Å². The fraction of sp³-hybridized carbons (Fsp3) is 0.281. The monoisotopic (exact) mass is 606 g/mol. The van der Waals surface area contributed by atoms with E-state index < -0.39 is 60.3 Å². The van der Waals surface area contributed by atoms with Crippen molar-refractivity contribution in [2.24, 2.45) is 0 Å². The fourth-order valence-corrected chi connectivity index (χ4v) is 5.33. The van der Waals surface area contributed by atoms with Gasteiger partial charge >= 0.3 is 5.97 Å². The van der Waals surface area contributed by atoms with E-state index in [1.165, 1.54) is 26.0 Å². The summed E-state index contributed by atoms with van der Waals surface area (Å²) in [5.41, 5.74) is -0.308. The highest BCUT2D eigenvalue weighted by Crippen LogP contribution is 2.44. The minimum absolute atomic E-state index is 0.0111.